The number of non-ortho nitro benzene ring substituents is 1. The van der Waals surface area contributed by atoms with Gasteiger partial charge >= 0.3 is 6.09 Å². The topological polar surface area (TPSA) is 138 Å². The number of nitrogens with zero attached hydrogens (tertiary/aromatic N) is 5. The number of hydrogen-bond acceptors (Lipinski definition) is 9. The zero-order chi connectivity index (χ0) is 24.2. The van der Waals surface area contributed by atoms with Crippen LogP contribution >= 0.6 is 0 Å². The van der Waals surface area contributed by atoms with Gasteiger partial charge in [-0.25, -0.2) is 19.3 Å². The van der Waals surface area contributed by atoms with E-state index in [9.17, 15) is 19.5 Å². The second kappa shape index (κ2) is 10.4. The minimum Gasteiger partial charge on any atom is -0.598 e. The summed E-state index contributed by atoms with van der Waals surface area (Å²) in [6, 6.07) is 7.36. The van der Waals surface area contributed by atoms with Crippen LogP contribution in [-0.4, -0.2) is 56.0 Å². The first-order valence-electron chi connectivity index (χ1n) is 10.9. The lowest BCUT2D eigenvalue weighted by molar-refractivity contribution is -0.384. The number of carbonyl (C=O) groups is 1. The van der Waals surface area contributed by atoms with Crippen molar-refractivity contribution in [3.8, 4) is 5.75 Å². The van der Waals surface area contributed by atoms with Crippen LogP contribution in [0.15, 0.2) is 42.9 Å². The zero-order valence-corrected chi connectivity index (χ0v) is 19.7. The Bertz CT molecular complexity index is 1160. The van der Waals surface area contributed by atoms with Crippen LogP contribution in [0, 0.1) is 16.0 Å². The number of carbonyl (C=O) groups excluding carboxylic acids is 1. The zero-order valence-electron chi connectivity index (χ0n) is 18.9. The molecule has 0 saturated heterocycles. The first kappa shape index (κ1) is 23.9. The summed E-state index contributed by atoms with van der Waals surface area (Å²) in [5, 5.41) is 11.5. The molecule has 180 valence electrons. The molecule has 0 spiro atoms. The molecule has 0 radical (unpaired) electrons. The van der Waals surface area contributed by atoms with Crippen molar-refractivity contribution in [3.05, 3.63) is 53.0 Å². The molecule has 12 heteroatoms. The van der Waals surface area contributed by atoms with E-state index >= 15 is 0 Å². The molecule has 1 N–H and O–H groups in total. The highest BCUT2D eigenvalue weighted by Crippen LogP contribution is 2.32. The Kier molecular flexibility index (Phi) is 7.29. The van der Waals surface area contributed by atoms with Crippen LogP contribution in [0.25, 0.3) is 11.0 Å². The second-order valence-electron chi connectivity index (χ2n) is 8.24. The maximum atomic E-state index is 12.7. The highest BCUT2D eigenvalue weighted by Gasteiger charge is 2.28. The average Bonchev–Trinajstić information content (AvgIpc) is 3.29. The minimum absolute atomic E-state index is 0.0871. The van der Waals surface area contributed by atoms with Gasteiger partial charge in [-0.1, -0.05) is 0 Å². The van der Waals surface area contributed by atoms with Gasteiger partial charge in [0.2, 0.25) is 0 Å². The van der Waals surface area contributed by atoms with Crippen LogP contribution in [0.1, 0.15) is 25.7 Å². The molecule has 0 bridgehead atoms. The summed E-state index contributed by atoms with van der Waals surface area (Å²) in [5.74, 6) is 2.04. The Balaban J connectivity index is 1.47. The normalized spacial score (nSPS) is 19.0. The van der Waals surface area contributed by atoms with Gasteiger partial charge < -0.3 is 14.2 Å². The van der Waals surface area contributed by atoms with E-state index < -0.39 is 22.4 Å². The second-order valence-corrected chi connectivity index (χ2v) is 9.67. The molecule has 1 saturated carbocycles. The molecule has 11 nitrogen and oxygen atoms in total. The van der Waals surface area contributed by atoms with E-state index in [-0.39, 0.29) is 17.5 Å². The number of benzene rings is 1. The molecule has 1 aromatic carbocycles. The van der Waals surface area contributed by atoms with Gasteiger partial charge in [0.1, 0.15) is 23.6 Å². The number of rotatable bonds is 7. The number of fused-ring (bicyclic) bond motifs is 1. The molecule has 1 aliphatic rings. The smallest absolute Gasteiger partial charge is 0.425 e. The third kappa shape index (κ3) is 5.13. The Morgan fingerprint density at radius 2 is 1.94 bits per heavy atom. The van der Waals surface area contributed by atoms with Crippen LogP contribution in [0.4, 0.5) is 16.3 Å². The predicted octanol–water partition coefficient (Wildman–Crippen LogP) is 3.26. The summed E-state index contributed by atoms with van der Waals surface area (Å²) in [6.07, 6.45) is 6.26. The van der Waals surface area contributed by atoms with E-state index in [1.165, 1.54) is 35.2 Å². The summed E-state index contributed by atoms with van der Waals surface area (Å²) in [6.45, 7) is 0. The van der Waals surface area contributed by atoms with Gasteiger partial charge in [-0.2, -0.15) is 0 Å². The van der Waals surface area contributed by atoms with Crippen molar-refractivity contribution in [2.24, 2.45) is 5.92 Å². The monoisotopic (exact) mass is 486 g/mol. The highest BCUT2D eigenvalue weighted by atomic mass is 32.2. The molecule has 0 amide bonds. The average molecular weight is 487 g/mol. The quantitative estimate of drug-likeness (QED) is 0.303. The van der Waals surface area contributed by atoms with Crippen LogP contribution in [-0.2, 0) is 11.4 Å². The Morgan fingerprint density at radius 3 is 2.59 bits per heavy atom. The summed E-state index contributed by atoms with van der Waals surface area (Å²) in [4.78, 5) is 33.9. The predicted molar refractivity (Wildman–Crippen MR) is 128 cm³/mol. The summed E-state index contributed by atoms with van der Waals surface area (Å²) in [7, 11) is 3.70. The molecule has 1 atom stereocenters. The van der Waals surface area contributed by atoms with Crippen molar-refractivity contribution < 1.29 is 19.0 Å². The molecule has 2 aromatic heterocycles. The first-order valence-corrected chi connectivity index (χ1v) is 12.3. The molecule has 34 heavy (non-hydrogen) atoms. The molecular formula is C22H26N6O5S. The van der Waals surface area contributed by atoms with Crippen molar-refractivity contribution >= 4 is 40.0 Å². The van der Waals surface area contributed by atoms with E-state index in [1.54, 1.807) is 19.3 Å². The number of nitrogens with one attached hydrogen (secondary N) is 1. The van der Waals surface area contributed by atoms with E-state index in [0.29, 0.717) is 17.3 Å². The molecular weight excluding hydrogens is 460 g/mol. The fourth-order valence-electron chi connectivity index (χ4n) is 4.32. The lowest BCUT2D eigenvalue weighted by Crippen LogP contribution is -2.38. The van der Waals surface area contributed by atoms with Gasteiger partial charge in [0.05, 0.1) is 10.3 Å². The molecule has 2 heterocycles. The lowest BCUT2D eigenvalue weighted by atomic mass is 9.86. The maximum Gasteiger partial charge on any atom is 0.425 e. The summed E-state index contributed by atoms with van der Waals surface area (Å²) in [5.41, 5.74) is 0.331. The van der Waals surface area contributed by atoms with Crippen molar-refractivity contribution in [1.29, 1.82) is 0 Å². The van der Waals surface area contributed by atoms with Crippen molar-refractivity contribution in [2.45, 2.75) is 31.7 Å². The number of ether oxygens (including phenoxy) is 1. The van der Waals surface area contributed by atoms with Gasteiger partial charge in [-0.3, -0.25) is 10.1 Å². The lowest BCUT2D eigenvalue weighted by Gasteiger charge is -2.35. The van der Waals surface area contributed by atoms with E-state index in [0.717, 1.165) is 36.9 Å². The Hall–Kier alpha value is -3.22. The number of aromatic nitrogens is 3. The summed E-state index contributed by atoms with van der Waals surface area (Å²) < 4.78 is 21.2. The number of nitro groups is 1. The Labute approximate surface area is 199 Å². The number of anilines is 1. The molecule has 0 aliphatic heterocycles. The van der Waals surface area contributed by atoms with Crippen LogP contribution in [0.2, 0.25) is 0 Å². The molecule has 1 fully saturated rings. The SMILES string of the molecule is CN[S+]([O-])C[C@H]1CC[C@H](N(C)c2ncnc3c2ccn3C(=O)Oc2ccc([N+](=O)[O-])cc2)CC1. The van der Waals surface area contributed by atoms with E-state index in [2.05, 4.69) is 19.6 Å². The standard InChI is InChI=1S/C22H26N6O5S/c1-23-34(32)13-15-3-5-16(6-4-15)26(2)20-19-11-12-27(21(19)25-14-24-20)22(29)33-18-9-7-17(8-10-18)28(30)31/h7-12,14-16,23H,3-6,13H2,1-2H3/t15-,16-,34?. The third-order valence-corrected chi connectivity index (χ3v) is 7.45. The van der Waals surface area contributed by atoms with E-state index in [1.807, 2.05) is 7.05 Å². The number of nitro benzene ring substituents is 1. The molecule has 3 aromatic rings. The summed E-state index contributed by atoms with van der Waals surface area (Å²) >= 11 is -0.982. The van der Waals surface area contributed by atoms with Crippen molar-refractivity contribution in [2.75, 3.05) is 24.7 Å². The van der Waals surface area contributed by atoms with Gasteiger partial charge in [0, 0.05) is 55.7 Å². The molecule has 1 aliphatic carbocycles. The largest absolute Gasteiger partial charge is 0.598 e. The van der Waals surface area contributed by atoms with E-state index in [4.69, 9.17) is 4.74 Å². The van der Waals surface area contributed by atoms with Gasteiger partial charge in [-0.15, -0.1) is 4.72 Å². The number of hydrogen-bond donors (Lipinski definition) is 1. The van der Waals surface area contributed by atoms with Crippen LogP contribution < -0.4 is 14.4 Å². The van der Waals surface area contributed by atoms with Gasteiger partial charge in [-0.05, 0) is 43.9 Å². The van der Waals surface area contributed by atoms with Crippen molar-refractivity contribution in [1.82, 2.24) is 19.3 Å². The molecule has 4 rings (SSSR count). The van der Waals surface area contributed by atoms with Crippen molar-refractivity contribution in [3.63, 3.8) is 0 Å². The fourth-order valence-corrected chi connectivity index (χ4v) is 5.25. The highest BCUT2D eigenvalue weighted by molar-refractivity contribution is 7.89. The van der Waals surface area contributed by atoms with Gasteiger partial charge in [0.25, 0.3) is 5.69 Å². The van der Waals surface area contributed by atoms with Gasteiger partial charge in [0.15, 0.2) is 5.65 Å². The van der Waals surface area contributed by atoms with Crippen LogP contribution in [0.5, 0.6) is 5.75 Å². The maximum absolute atomic E-state index is 12.7. The Morgan fingerprint density at radius 1 is 1.24 bits per heavy atom. The van der Waals surface area contributed by atoms with Crippen LogP contribution in [0.3, 0.4) is 0 Å². The minimum atomic E-state index is -0.982. The first-order chi connectivity index (χ1) is 16.4. The molecule has 1 unspecified atom stereocenters. The third-order valence-electron chi connectivity index (χ3n) is 6.22. The fraction of sp³-hybridized carbons (Fsp3) is 0.409.